The largest absolute Gasteiger partial charge is 0.545 e. The van der Waals surface area contributed by atoms with Crippen molar-refractivity contribution in [2.75, 3.05) is 47.5 Å². The fraction of sp³-hybridized carbons (Fsp3) is 0.761. The maximum absolute atomic E-state index is 12.7. The molecule has 0 aromatic heterocycles. The van der Waals surface area contributed by atoms with Crippen molar-refractivity contribution in [1.82, 2.24) is 0 Å². The van der Waals surface area contributed by atoms with Gasteiger partial charge in [0.1, 0.15) is 13.2 Å². The normalized spacial score (nSPS) is 13.4. The van der Waals surface area contributed by atoms with Gasteiger partial charge in [-0.15, -0.1) is 0 Å². The molecule has 0 aromatic rings. The maximum Gasteiger partial charge on any atom is 0.306 e. The summed E-state index contributed by atoms with van der Waals surface area (Å²) in [5.74, 6) is -2.32. The Morgan fingerprint density at radius 1 is 0.545 bits per heavy atom. The van der Waals surface area contributed by atoms with E-state index in [1.54, 1.807) is 0 Å². The number of hydrogen-bond donors (Lipinski definition) is 0. The number of quaternary nitrogens is 1. The summed E-state index contributed by atoms with van der Waals surface area (Å²) >= 11 is 0. The van der Waals surface area contributed by atoms with Crippen molar-refractivity contribution in [3.05, 3.63) is 48.6 Å². The highest BCUT2D eigenvalue weighted by Crippen LogP contribution is 2.13. The summed E-state index contributed by atoms with van der Waals surface area (Å²) < 4.78 is 22.5. The van der Waals surface area contributed by atoms with Gasteiger partial charge in [0.15, 0.2) is 12.4 Å². The number of carboxylic acids is 1. The van der Waals surface area contributed by atoms with E-state index in [9.17, 15) is 19.5 Å². The minimum absolute atomic E-state index is 0.142. The Hall–Kier alpha value is -2.75. The van der Waals surface area contributed by atoms with E-state index in [0.29, 0.717) is 17.4 Å². The predicted molar refractivity (Wildman–Crippen MR) is 223 cm³/mol. The first kappa shape index (κ1) is 52.2. The Kier molecular flexibility index (Phi) is 36.2. The summed E-state index contributed by atoms with van der Waals surface area (Å²) in [6.45, 7) is 4.63. The van der Waals surface area contributed by atoms with E-state index in [4.69, 9.17) is 18.9 Å². The third-order valence-electron chi connectivity index (χ3n) is 9.05. The fourth-order valence-corrected chi connectivity index (χ4v) is 5.58. The van der Waals surface area contributed by atoms with Crippen LogP contribution >= 0.6 is 0 Å². The average molecular weight is 776 g/mol. The molecule has 0 radical (unpaired) electrons. The monoisotopic (exact) mass is 776 g/mol. The van der Waals surface area contributed by atoms with Crippen molar-refractivity contribution in [3.8, 4) is 0 Å². The Labute approximate surface area is 336 Å². The van der Waals surface area contributed by atoms with E-state index in [1.165, 1.54) is 38.5 Å². The molecule has 55 heavy (non-hydrogen) atoms. The van der Waals surface area contributed by atoms with Gasteiger partial charge in [-0.25, -0.2) is 0 Å². The second kappa shape index (κ2) is 38.1. The number of ether oxygens (including phenoxy) is 4. The molecule has 0 rings (SSSR count). The van der Waals surface area contributed by atoms with Gasteiger partial charge in [0.25, 0.3) is 0 Å². The summed E-state index contributed by atoms with van der Waals surface area (Å²) in [6, 6.07) is 0. The average Bonchev–Trinajstić information content (AvgIpc) is 3.14. The molecule has 0 aromatic carbocycles. The van der Waals surface area contributed by atoms with Crippen LogP contribution in [0.3, 0.4) is 0 Å². The molecule has 0 amide bonds. The molecular weight excluding hydrogens is 695 g/mol. The van der Waals surface area contributed by atoms with E-state index in [0.717, 1.165) is 96.3 Å². The summed E-state index contributed by atoms with van der Waals surface area (Å²) in [7, 11) is 5.89. The van der Waals surface area contributed by atoms with Crippen LogP contribution in [0.25, 0.3) is 0 Å². The van der Waals surface area contributed by atoms with Crippen LogP contribution in [0.4, 0.5) is 0 Å². The van der Waals surface area contributed by atoms with Gasteiger partial charge in [0.2, 0.25) is 0 Å². The maximum atomic E-state index is 12.7. The minimum atomic E-state index is -1.63. The third-order valence-corrected chi connectivity index (χ3v) is 9.05. The highest BCUT2D eigenvalue weighted by molar-refractivity contribution is 5.70. The van der Waals surface area contributed by atoms with Crippen LogP contribution in [0.5, 0.6) is 0 Å². The predicted octanol–water partition coefficient (Wildman–Crippen LogP) is 9.88. The first-order chi connectivity index (χ1) is 26.6. The highest BCUT2D eigenvalue weighted by Gasteiger charge is 2.21. The van der Waals surface area contributed by atoms with Crippen molar-refractivity contribution < 1.29 is 42.9 Å². The Balaban J connectivity index is 4.47. The number of likely N-dealkylation sites (N-methyl/N-ethyl adjacent to an activating group) is 1. The molecule has 0 bridgehead atoms. The molecule has 2 unspecified atom stereocenters. The van der Waals surface area contributed by atoms with Crippen LogP contribution in [0.2, 0.25) is 0 Å². The molecule has 0 saturated heterocycles. The molecule has 0 saturated carbocycles. The Morgan fingerprint density at radius 3 is 1.53 bits per heavy atom. The lowest BCUT2D eigenvalue weighted by molar-refractivity contribution is -0.870. The van der Waals surface area contributed by atoms with Crippen molar-refractivity contribution in [2.24, 2.45) is 0 Å². The van der Waals surface area contributed by atoms with Crippen molar-refractivity contribution in [2.45, 2.75) is 180 Å². The molecule has 318 valence electrons. The molecule has 0 fully saturated rings. The van der Waals surface area contributed by atoms with E-state index in [2.05, 4.69) is 62.5 Å². The first-order valence-electron chi connectivity index (χ1n) is 21.8. The molecule has 2 atom stereocenters. The highest BCUT2D eigenvalue weighted by atomic mass is 16.7. The molecule has 0 N–H and O–H groups in total. The summed E-state index contributed by atoms with van der Waals surface area (Å²) in [5, 5.41) is 11.7. The smallest absolute Gasteiger partial charge is 0.306 e. The van der Waals surface area contributed by atoms with Gasteiger partial charge in [-0.05, 0) is 70.6 Å². The molecule has 0 aliphatic heterocycles. The van der Waals surface area contributed by atoms with Crippen molar-refractivity contribution in [3.63, 3.8) is 0 Å². The lowest BCUT2D eigenvalue weighted by Crippen LogP contribution is -2.44. The zero-order chi connectivity index (χ0) is 40.7. The summed E-state index contributed by atoms with van der Waals surface area (Å²) in [5.41, 5.74) is 0. The molecular formula is C46H81NO8. The zero-order valence-corrected chi connectivity index (χ0v) is 35.8. The summed E-state index contributed by atoms with van der Waals surface area (Å²) in [6.07, 6.45) is 39.9. The molecule has 0 aliphatic rings. The van der Waals surface area contributed by atoms with Crippen LogP contribution in [-0.2, 0) is 33.3 Å². The lowest BCUT2D eigenvalue weighted by Gasteiger charge is -2.26. The van der Waals surface area contributed by atoms with Crippen LogP contribution in [0.1, 0.15) is 168 Å². The molecule has 9 nitrogen and oxygen atoms in total. The number of esters is 2. The van der Waals surface area contributed by atoms with Crippen LogP contribution in [0, 0.1) is 0 Å². The van der Waals surface area contributed by atoms with E-state index < -0.39 is 24.3 Å². The molecule has 9 heteroatoms. The van der Waals surface area contributed by atoms with Gasteiger partial charge in [0, 0.05) is 12.8 Å². The first-order valence-corrected chi connectivity index (χ1v) is 21.8. The number of carboxylic acid groups (broad SMARTS) is 1. The second-order valence-electron chi connectivity index (χ2n) is 15.6. The molecule has 0 aliphatic carbocycles. The van der Waals surface area contributed by atoms with Gasteiger partial charge in [-0.2, -0.15) is 0 Å². The van der Waals surface area contributed by atoms with E-state index in [-0.39, 0.29) is 38.6 Å². The van der Waals surface area contributed by atoms with Gasteiger partial charge >= 0.3 is 11.9 Å². The molecule has 0 heterocycles. The summed E-state index contributed by atoms with van der Waals surface area (Å²) in [4.78, 5) is 36.9. The molecule has 0 spiro atoms. The number of carbonyl (C=O) groups excluding carboxylic acids is 3. The van der Waals surface area contributed by atoms with Crippen LogP contribution in [0.15, 0.2) is 48.6 Å². The van der Waals surface area contributed by atoms with Gasteiger partial charge in [-0.1, -0.05) is 133 Å². The van der Waals surface area contributed by atoms with E-state index >= 15 is 0 Å². The fourth-order valence-electron chi connectivity index (χ4n) is 5.58. The minimum Gasteiger partial charge on any atom is -0.545 e. The van der Waals surface area contributed by atoms with Crippen LogP contribution in [-0.4, -0.2) is 82.3 Å². The number of allylic oxidation sites excluding steroid dienone is 8. The van der Waals surface area contributed by atoms with Crippen LogP contribution < -0.4 is 5.11 Å². The second-order valence-corrected chi connectivity index (χ2v) is 15.6. The zero-order valence-electron chi connectivity index (χ0n) is 35.8. The number of aliphatic carboxylic acids is 1. The lowest BCUT2D eigenvalue weighted by atomic mass is 10.1. The standard InChI is InChI=1S/C46H81NO8/c1-6-8-10-12-14-16-18-19-20-21-22-23-24-25-27-29-31-33-35-37-44(49)55-42(41-54-46(45(50)51)52-39-38-47(3,4)5)40-53-43(48)36-34-32-30-28-26-17-15-13-11-9-7-2/h13-16,19-20,22-23,42,46H,6-12,17-18,21,24-41H2,1-5H3/b15-13-,16-14-,20-19-,23-22-. The van der Waals surface area contributed by atoms with E-state index in [1.807, 2.05) is 21.1 Å². The number of unbranched alkanes of at least 4 members (excludes halogenated alkanes) is 16. The number of nitrogens with zero attached hydrogens (tertiary/aromatic N) is 1. The number of rotatable bonds is 39. The Bertz CT molecular complexity index is 1050. The SMILES string of the molecule is CCCC/C=C\CCCCCCCC(=O)OCC(COC(OCC[N+](C)(C)C)C(=O)[O-])OC(=O)CCCCCCCC/C=C\C/C=C\C/C=C\CCCCC. The van der Waals surface area contributed by atoms with Crippen molar-refractivity contribution in [1.29, 1.82) is 0 Å². The number of hydrogen-bond acceptors (Lipinski definition) is 8. The van der Waals surface area contributed by atoms with Gasteiger partial charge in [0.05, 0.1) is 40.3 Å². The quantitative estimate of drug-likeness (QED) is 0.0200. The third kappa shape index (κ3) is 39.3. The van der Waals surface area contributed by atoms with Gasteiger partial charge in [-0.3, -0.25) is 9.59 Å². The Morgan fingerprint density at radius 2 is 1.00 bits per heavy atom. The number of carbonyl (C=O) groups is 3. The topological polar surface area (TPSA) is 111 Å². The van der Waals surface area contributed by atoms with Crippen molar-refractivity contribution >= 4 is 17.9 Å². The van der Waals surface area contributed by atoms with Gasteiger partial charge < -0.3 is 33.3 Å².